The lowest BCUT2D eigenvalue weighted by molar-refractivity contribution is -0.386. The van der Waals surface area contributed by atoms with E-state index in [2.05, 4.69) is 15.5 Å². The number of nitrogens with one attached hydrogen (secondary N) is 1. The van der Waals surface area contributed by atoms with Gasteiger partial charge < -0.3 is 5.32 Å². The van der Waals surface area contributed by atoms with Crippen LogP contribution in [-0.4, -0.2) is 30.4 Å². The Kier molecular flexibility index (Phi) is 5.97. The highest BCUT2D eigenvalue weighted by Crippen LogP contribution is 2.22. The summed E-state index contributed by atoms with van der Waals surface area (Å²) in [4.78, 5) is 22.9. The van der Waals surface area contributed by atoms with Gasteiger partial charge in [0.25, 0.3) is 0 Å². The number of halogens is 1. The maximum absolute atomic E-state index is 12.3. The van der Waals surface area contributed by atoms with Gasteiger partial charge in [0, 0.05) is 23.2 Å². The molecule has 2 heterocycles. The average molecular weight is 417 g/mol. The maximum atomic E-state index is 12.3. The molecule has 0 spiro atoms. The second kappa shape index (κ2) is 8.44. The number of nitrogens with zero attached hydrogens (tertiary/aromatic N) is 5. The first kappa shape index (κ1) is 20.5. The van der Waals surface area contributed by atoms with Crippen LogP contribution in [0.25, 0.3) is 0 Å². The van der Waals surface area contributed by atoms with Crippen LogP contribution >= 0.6 is 11.6 Å². The number of nitro groups is 1. The predicted octanol–water partition coefficient (Wildman–Crippen LogP) is 3.64. The Bertz CT molecular complexity index is 1050. The van der Waals surface area contributed by atoms with Gasteiger partial charge in [-0.15, -0.1) is 0 Å². The Morgan fingerprint density at radius 1 is 1.17 bits per heavy atom. The molecule has 2 aromatic heterocycles. The molecule has 9 nitrogen and oxygen atoms in total. The molecular formula is C19H21ClN6O3. The van der Waals surface area contributed by atoms with Crippen LogP contribution in [0.5, 0.6) is 0 Å². The lowest BCUT2D eigenvalue weighted by Gasteiger charge is -2.05. The molecule has 0 unspecified atom stereocenters. The van der Waals surface area contributed by atoms with Gasteiger partial charge in [-0.2, -0.15) is 10.2 Å². The molecule has 10 heteroatoms. The van der Waals surface area contributed by atoms with Gasteiger partial charge in [-0.1, -0.05) is 23.7 Å². The van der Waals surface area contributed by atoms with Crippen LogP contribution in [0, 0.1) is 30.9 Å². The van der Waals surface area contributed by atoms with E-state index < -0.39 is 4.92 Å². The zero-order valence-corrected chi connectivity index (χ0v) is 17.1. The topological polar surface area (TPSA) is 108 Å². The average Bonchev–Trinajstić information content (AvgIpc) is 3.13. The normalized spacial score (nSPS) is 10.9. The van der Waals surface area contributed by atoms with Crippen molar-refractivity contribution in [2.24, 2.45) is 0 Å². The van der Waals surface area contributed by atoms with E-state index >= 15 is 0 Å². The Balaban J connectivity index is 1.61. The second-order valence-corrected chi connectivity index (χ2v) is 7.19. The van der Waals surface area contributed by atoms with Crippen molar-refractivity contribution in [3.8, 4) is 0 Å². The van der Waals surface area contributed by atoms with Crippen molar-refractivity contribution in [1.29, 1.82) is 0 Å². The number of benzene rings is 1. The van der Waals surface area contributed by atoms with Crippen LogP contribution in [0.15, 0.2) is 30.3 Å². The molecule has 0 fully saturated rings. The summed E-state index contributed by atoms with van der Waals surface area (Å²) in [6.07, 6.45) is 0.127. The van der Waals surface area contributed by atoms with E-state index in [4.69, 9.17) is 11.6 Å². The minimum atomic E-state index is -0.454. The first-order chi connectivity index (χ1) is 13.7. The van der Waals surface area contributed by atoms with Crippen LogP contribution in [-0.2, 0) is 17.9 Å². The molecule has 0 radical (unpaired) electrons. The number of aromatic nitrogens is 4. The standard InChI is InChI=1S/C19H21ClN6O3/c1-12-10-17(23-25(12)11-15-4-6-16(20)7-5-15)21-18(27)8-9-24-14(3)19(26(28)29)13(2)22-24/h4-7,10H,8-9,11H2,1-3H3,(H,21,23,27). The van der Waals surface area contributed by atoms with Gasteiger partial charge in [-0.3, -0.25) is 24.3 Å². The largest absolute Gasteiger partial charge is 0.312 e. The lowest BCUT2D eigenvalue weighted by atomic mass is 10.2. The third-order valence-electron chi connectivity index (χ3n) is 4.57. The molecule has 29 heavy (non-hydrogen) atoms. The summed E-state index contributed by atoms with van der Waals surface area (Å²) < 4.78 is 3.28. The smallest absolute Gasteiger partial charge is 0.309 e. The molecule has 0 bridgehead atoms. The molecule has 1 N–H and O–H groups in total. The van der Waals surface area contributed by atoms with Gasteiger partial charge >= 0.3 is 5.69 Å². The number of anilines is 1. The van der Waals surface area contributed by atoms with E-state index in [0.717, 1.165) is 11.3 Å². The summed E-state index contributed by atoms with van der Waals surface area (Å²) in [6, 6.07) is 9.29. The summed E-state index contributed by atoms with van der Waals surface area (Å²) in [5.74, 6) is 0.220. The number of hydrogen-bond acceptors (Lipinski definition) is 5. The SMILES string of the molecule is Cc1nn(CCC(=O)Nc2cc(C)n(Cc3ccc(Cl)cc3)n2)c(C)c1[N+](=O)[O-]. The van der Waals surface area contributed by atoms with Crippen molar-refractivity contribution in [2.75, 3.05) is 5.32 Å². The molecular weight excluding hydrogens is 396 g/mol. The summed E-state index contributed by atoms with van der Waals surface area (Å²) in [5, 5.41) is 23.1. The van der Waals surface area contributed by atoms with Crippen molar-refractivity contribution in [3.05, 3.63) is 68.1 Å². The fourth-order valence-electron chi connectivity index (χ4n) is 3.08. The summed E-state index contributed by atoms with van der Waals surface area (Å²) >= 11 is 5.91. The second-order valence-electron chi connectivity index (χ2n) is 6.75. The van der Waals surface area contributed by atoms with Crippen molar-refractivity contribution in [1.82, 2.24) is 19.6 Å². The quantitative estimate of drug-likeness (QED) is 0.467. The molecule has 152 valence electrons. The zero-order valence-electron chi connectivity index (χ0n) is 16.3. The molecule has 0 aliphatic rings. The summed E-state index contributed by atoms with van der Waals surface area (Å²) in [6.45, 7) is 5.92. The van der Waals surface area contributed by atoms with Gasteiger partial charge in [-0.05, 0) is 38.5 Å². The third-order valence-corrected chi connectivity index (χ3v) is 4.82. The molecule has 3 rings (SSSR count). The molecule has 3 aromatic rings. The maximum Gasteiger partial charge on any atom is 0.312 e. The van der Waals surface area contributed by atoms with Crippen LogP contribution in [0.2, 0.25) is 5.02 Å². The van der Waals surface area contributed by atoms with Crippen LogP contribution in [0.3, 0.4) is 0 Å². The summed E-state index contributed by atoms with van der Waals surface area (Å²) in [5.41, 5.74) is 2.71. The van der Waals surface area contributed by atoms with Crippen molar-refractivity contribution in [2.45, 2.75) is 40.3 Å². The molecule has 0 saturated heterocycles. The zero-order chi connectivity index (χ0) is 21.1. The molecule has 1 amide bonds. The van der Waals surface area contributed by atoms with E-state index in [0.29, 0.717) is 28.8 Å². The van der Waals surface area contributed by atoms with E-state index in [1.54, 1.807) is 24.6 Å². The number of hydrogen-bond donors (Lipinski definition) is 1. The monoisotopic (exact) mass is 416 g/mol. The number of aryl methyl sites for hydroxylation is 3. The molecule has 0 aliphatic carbocycles. The fourth-order valence-corrected chi connectivity index (χ4v) is 3.20. The van der Waals surface area contributed by atoms with Crippen molar-refractivity contribution >= 4 is 29.0 Å². The number of carbonyl (C=O) groups excluding carboxylic acids is 1. The first-order valence-electron chi connectivity index (χ1n) is 9.01. The first-order valence-corrected chi connectivity index (χ1v) is 9.39. The van der Waals surface area contributed by atoms with Crippen molar-refractivity contribution in [3.63, 3.8) is 0 Å². The Hall–Kier alpha value is -3.20. The molecule has 0 aliphatic heterocycles. The van der Waals surface area contributed by atoms with Gasteiger partial charge in [0.15, 0.2) is 5.82 Å². The highest BCUT2D eigenvalue weighted by atomic mass is 35.5. The summed E-state index contributed by atoms with van der Waals surface area (Å²) in [7, 11) is 0. The van der Waals surface area contributed by atoms with E-state index in [9.17, 15) is 14.9 Å². The highest BCUT2D eigenvalue weighted by molar-refractivity contribution is 6.30. The minimum absolute atomic E-state index is 0.0121. The van der Waals surface area contributed by atoms with E-state index in [1.165, 1.54) is 4.68 Å². The van der Waals surface area contributed by atoms with Gasteiger partial charge in [0.1, 0.15) is 11.4 Å². The molecule has 0 saturated carbocycles. The Morgan fingerprint density at radius 3 is 2.48 bits per heavy atom. The van der Waals surface area contributed by atoms with Crippen LogP contribution < -0.4 is 5.32 Å². The third kappa shape index (κ3) is 4.80. The van der Waals surface area contributed by atoms with Crippen LogP contribution in [0.1, 0.15) is 29.1 Å². The van der Waals surface area contributed by atoms with Crippen LogP contribution in [0.4, 0.5) is 11.5 Å². The van der Waals surface area contributed by atoms with E-state index in [1.807, 2.05) is 31.2 Å². The molecule has 0 atom stereocenters. The van der Waals surface area contributed by atoms with Gasteiger partial charge in [0.05, 0.1) is 18.0 Å². The van der Waals surface area contributed by atoms with E-state index in [-0.39, 0.29) is 24.6 Å². The number of amides is 1. The molecule has 1 aromatic carbocycles. The minimum Gasteiger partial charge on any atom is -0.309 e. The van der Waals surface area contributed by atoms with Gasteiger partial charge in [0.2, 0.25) is 5.91 Å². The Labute approximate surface area is 172 Å². The predicted molar refractivity (Wildman–Crippen MR) is 109 cm³/mol. The number of rotatable bonds is 7. The van der Waals surface area contributed by atoms with Gasteiger partial charge in [-0.25, -0.2) is 0 Å². The number of carbonyl (C=O) groups is 1. The Morgan fingerprint density at radius 2 is 1.86 bits per heavy atom. The highest BCUT2D eigenvalue weighted by Gasteiger charge is 2.22. The fraction of sp³-hybridized carbons (Fsp3) is 0.316. The van der Waals surface area contributed by atoms with Crippen molar-refractivity contribution < 1.29 is 9.72 Å². The lowest BCUT2D eigenvalue weighted by Crippen LogP contribution is -2.16.